The monoisotopic (exact) mass is 485 g/mol. The summed E-state index contributed by atoms with van der Waals surface area (Å²) in [5, 5.41) is 9.74. The first-order chi connectivity index (χ1) is 15.6. The van der Waals surface area contributed by atoms with E-state index in [1.54, 1.807) is 43.1 Å². The summed E-state index contributed by atoms with van der Waals surface area (Å²) in [5.41, 5.74) is 5.78. The van der Waals surface area contributed by atoms with Gasteiger partial charge in [-0.15, -0.1) is 0 Å². The number of likely N-dealkylation sites (tertiary alicyclic amines) is 1. The highest BCUT2D eigenvalue weighted by atomic mass is 35.5. The maximum atomic E-state index is 14.0. The molecule has 33 heavy (non-hydrogen) atoms. The summed E-state index contributed by atoms with van der Waals surface area (Å²) in [7, 11) is 1.57. The van der Waals surface area contributed by atoms with Gasteiger partial charge in [0.05, 0.1) is 23.4 Å². The van der Waals surface area contributed by atoms with Crippen molar-refractivity contribution in [3.05, 3.63) is 63.6 Å². The molecule has 0 saturated carbocycles. The van der Waals surface area contributed by atoms with Crippen LogP contribution in [0.3, 0.4) is 0 Å². The van der Waals surface area contributed by atoms with Crippen LogP contribution < -0.4 is 10.6 Å². The molecule has 3 atom stereocenters. The predicted octanol–water partition coefficient (Wildman–Crippen LogP) is 2.98. The van der Waals surface area contributed by atoms with Crippen LogP contribution in [0.15, 0.2) is 42.5 Å². The highest BCUT2D eigenvalue weighted by Gasteiger charge is 2.64. The molecule has 0 aromatic heterocycles. The van der Waals surface area contributed by atoms with E-state index < -0.39 is 35.3 Å². The number of likely N-dealkylation sites (N-methyl/N-ethyl adjacent to an activating group) is 1. The minimum Gasteiger partial charge on any atom is -0.368 e. The van der Waals surface area contributed by atoms with Crippen molar-refractivity contribution >= 4 is 46.7 Å². The van der Waals surface area contributed by atoms with Gasteiger partial charge in [0.2, 0.25) is 5.91 Å². The van der Waals surface area contributed by atoms with E-state index in [2.05, 4.69) is 6.07 Å². The van der Waals surface area contributed by atoms with E-state index in [0.29, 0.717) is 22.2 Å². The zero-order valence-corrected chi connectivity index (χ0v) is 19.5. The summed E-state index contributed by atoms with van der Waals surface area (Å²) in [4.78, 5) is 43.6. The van der Waals surface area contributed by atoms with Crippen molar-refractivity contribution in [2.24, 2.45) is 5.73 Å². The summed E-state index contributed by atoms with van der Waals surface area (Å²) in [5.74, 6) is -1.43. The number of halogens is 2. The fourth-order valence-corrected chi connectivity index (χ4v) is 5.23. The van der Waals surface area contributed by atoms with Gasteiger partial charge in [-0.3, -0.25) is 14.5 Å². The number of carbonyl (C=O) groups excluding carboxylic acids is 3. The van der Waals surface area contributed by atoms with E-state index in [-0.39, 0.29) is 12.2 Å². The zero-order valence-electron chi connectivity index (χ0n) is 18.0. The first-order valence-electron chi connectivity index (χ1n) is 10.2. The highest BCUT2D eigenvalue weighted by molar-refractivity contribution is 6.35. The standard InChI is InChI=1S/C23H21Cl2N5O3/c1-13(20(27)31)29-11-19(15-5-3-14(10-26)4-6-15)23(12-29)21(32)30(22(33)28(23)2)18-8-16(24)7-17(25)9-18/h3-9,13,19H,11-12H2,1-2H3,(H2,27,31)/t13?,19-,23+/m0/s1. The Morgan fingerprint density at radius 3 is 2.33 bits per heavy atom. The van der Waals surface area contributed by atoms with Crippen LogP contribution in [-0.2, 0) is 9.59 Å². The van der Waals surface area contributed by atoms with Crippen LogP contribution in [0.25, 0.3) is 0 Å². The molecule has 4 amide bonds. The first kappa shape index (κ1) is 23.1. The molecule has 0 bridgehead atoms. The number of nitrogens with zero attached hydrogens (tertiary/aromatic N) is 4. The summed E-state index contributed by atoms with van der Waals surface area (Å²) >= 11 is 12.3. The minimum absolute atomic E-state index is 0.119. The molecular weight excluding hydrogens is 465 g/mol. The molecule has 2 aliphatic heterocycles. The fraction of sp³-hybridized carbons (Fsp3) is 0.304. The van der Waals surface area contributed by atoms with Crippen LogP contribution in [0, 0.1) is 11.3 Å². The van der Waals surface area contributed by atoms with Gasteiger partial charge in [-0.2, -0.15) is 5.26 Å². The van der Waals surface area contributed by atoms with Crippen LogP contribution >= 0.6 is 23.2 Å². The van der Waals surface area contributed by atoms with E-state index in [9.17, 15) is 14.4 Å². The summed E-state index contributed by atoms with van der Waals surface area (Å²) < 4.78 is 0. The zero-order chi connectivity index (χ0) is 24.1. The van der Waals surface area contributed by atoms with Gasteiger partial charge in [0.25, 0.3) is 5.91 Å². The number of imide groups is 1. The van der Waals surface area contributed by atoms with E-state index >= 15 is 0 Å². The van der Waals surface area contributed by atoms with Gasteiger partial charge >= 0.3 is 6.03 Å². The van der Waals surface area contributed by atoms with Crippen LogP contribution in [0.5, 0.6) is 0 Å². The Morgan fingerprint density at radius 2 is 1.79 bits per heavy atom. The van der Waals surface area contributed by atoms with Crippen molar-refractivity contribution in [2.45, 2.75) is 24.4 Å². The molecule has 2 aromatic carbocycles. The molecule has 2 saturated heterocycles. The lowest BCUT2D eigenvalue weighted by atomic mass is 9.80. The van der Waals surface area contributed by atoms with Crippen LogP contribution in [0.1, 0.15) is 24.0 Å². The van der Waals surface area contributed by atoms with Gasteiger partial charge < -0.3 is 10.6 Å². The Balaban J connectivity index is 1.84. The third-order valence-corrected chi connectivity index (χ3v) is 7.03. The Labute approximate surface area is 201 Å². The second-order valence-electron chi connectivity index (χ2n) is 8.33. The van der Waals surface area contributed by atoms with Crippen molar-refractivity contribution in [2.75, 3.05) is 25.0 Å². The molecule has 2 heterocycles. The maximum absolute atomic E-state index is 14.0. The number of amides is 4. The molecule has 2 N–H and O–H groups in total. The van der Waals surface area contributed by atoms with Crippen molar-refractivity contribution in [1.82, 2.24) is 9.80 Å². The molecule has 0 radical (unpaired) electrons. The minimum atomic E-state index is -1.29. The van der Waals surface area contributed by atoms with Crippen LogP contribution in [0.2, 0.25) is 10.0 Å². The van der Waals surface area contributed by atoms with E-state index in [1.807, 2.05) is 0 Å². The Bertz CT molecular complexity index is 1180. The molecule has 0 aliphatic carbocycles. The topological polar surface area (TPSA) is 111 Å². The smallest absolute Gasteiger partial charge is 0.332 e. The number of hydrogen-bond acceptors (Lipinski definition) is 5. The van der Waals surface area contributed by atoms with Crippen LogP contribution in [-0.4, -0.2) is 59.4 Å². The third kappa shape index (κ3) is 3.62. The number of hydrogen-bond donors (Lipinski definition) is 1. The lowest BCUT2D eigenvalue weighted by Gasteiger charge is -2.34. The highest BCUT2D eigenvalue weighted by Crippen LogP contribution is 2.47. The molecule has 1 unspecified atom stereocenters. The summed E-state index contributed by atoms with van der Waals surface area (Å²) in [6, 6.07) is 12.3. The molecule has 2 fully saturated rings. The van der Waals surface area contributed by atoms with E-state index in [4.69, 9.17) is 34.2 Å². The average molecular weight is 486 g/mol. The third-order valence-electron chi connectivity index (χ3n) is 6.60. The number of nitriles is 1. The summed E-state index contributed by atoms with van der Waals surface area (Å²) in [6.45, 7) is 2.12. The number of rotatable bonds is 4. The molecule has 4 rings (SSSR count). The number of urea groups is 1. The second kappa shape index (κ2) is 8.34. The Kier molecular flexibility index (Phi) is 5.83. The Hall–Kier alpha value is -3.12. The van der Waals surface area contributed by atoms with Gasteiger partial charge in [-0.1, -0.05) is 35.3 Å². The van der Waals surface area contributed by atoms with Gasteiger partial charge in [0, 0.05) is 36.1 Å². The quantitative estimate of drug-likeness (QED) is 0.669. The van der Waals surface area contributed by atoms with E-state index in [1.165, 1.54) is 23.1 Å². The molecular formula is C23H21Cl2N5O3. The second-order valence-corrected chi connectivity index (χ2v) is 9.20. The van der Waals surface area contributed by atoms with Crippen LogP contribution in [0.4, 0.5) is 10.5 Å². The van der Waals surface area contributed by atoms with Gasteiger partial charge in [-0.25, -0.2) is 9.69 Å². The van der Waals surface area contributed by atoms with Gasteiger partial charge in [0.1, 0.15) is 5.54 Å². The first-order valence-corrected chi connectivity index (χ1v) is 11.0. The fourth-order valence-electron chi connectivity index (χ4n) is 4.71. The van der Waals surface area contributed by atoms with E-state index in [0.717, 1.165) is 10.5 Å². The molecule has 170 valence electrons. The normalized spacial score (nSPS) is 23.9. The lowest BCUT2D eigenvalue weighted by Crippen LogP contribution is -2.54. The maximum Gasteiger partial charge on any atom is 0.332 e. The number of nitrogens with two attached hydrogens (primary N) is 1. The molecule has 2 aliphatic rings. The van der Waals surface area contributed by atoms with Gasteiger partial charge in [-0.05, 0) is 42.8 Å². The SMILES string of the molecule is CC(C(N)=O)N1C[C@@H](c2ccc(C#N)cc2)[C@]2(C1)C(=O)N(c1cc(Cl)cc(Cl)c1)C(=O)N2C. The number of benzene rings is 2. The molecule has 10 heteroatoms. The number of primary amides is 1. The van der Waals surface area contributed by atoms with Gasteiger partial charge in [0.15, 0.2) is 0 Å². The lowest BCUT2D eigenvalue weighted by molar-refractivity contribution is -0.126. The number of carbonyl (C=O) groups is 3. The molecule has 8 nitrogen and oxygen atoms in total. The number of anilines is 1. The van der Waals surface area contributed by atoms with Crippen molar-refractivity contribution < 1.29 is 14.4 Å². The average Bonchev–Trinajstić information content (AvgIpc) is 3.26. The van der Waals surface area contributed by atoms with Crippen molar-refractivity contribution in [3.63, 3.8) is 0 Å². The Morgan fingerprint density at radius 1 is 1.18 bits per heavy atom. The predicted molar refractivity (Wildman–Crippen MR) is 124 cm³/mol. The van der Waals surface area contributed by atoms with Crippen molar-refractivity contribution in [1.29, 1.82) is 5.26 Å². The largest absolute Gasteiger partial charge is 0.368 e. The summed E-state index contributed by atoms with van der Waals surface area (Å²) in [6.07, 6.45) is 0. The molecule has 1 spiro atoms. The van der Waals surface area contributed by atoms with Crippen molar-refractivity contribution in [3.8, 4) is 6.07 Å². The molecule has 2 aromatic rings.